The van der Waals surface area contributed by atoms with Crippen molar-refractivity contribution in [1.82, 2.24) is 4.98 Å². The van der Waals surface area contributed by atoms with Gasteiger partial charge in [0.15, 0.2) is 5.57 Å². The van der Waals surface area contributed by atoms with Gasteiger partial charge < -0.3 is 10.1 Å². The first-order valence-corrected chi connectivity index (χ1v) is 6.62. The van der Waals surface area contributed by atoms with Gasteiger partial charge in [-0.25, -0.2) is 0 Å². The van der Waals surface area contributed by atoms with E-state index in [0.717, 1.165) is 5.69 Å². The van der Waals surface area contributed by atoms with Crippen LogP contribution in [0.2, 0.25) is 0 Å². The lowest BCUT2D eigenvalue weighted by Gasteiger charge is -2.12. The fourth-order valence-corrected chi connectivity index (χ4v) is 1.75. The molecule has 2 aromatic rings. The lowest BCUT2D eigenvalue weighted by atomic mass is 10.2. The molecule has 6 heteroatoms. The molecule has 0 saturated heterocycles. The van der Waals surface area contributed by atoms with Crippen molar-refractivity contribution in [1.29, 1.82) is 15.8 Å². The molecule has 0 spiro atoms. The van der Waals surface area contributed by atoms with Crippen molar-refractivity contribution in [2.45, 2.75) is 6.61 Å². The topological polar surface area (TPSA) is 106 Å². The SMILES string of the molecule is N#CC(C#N)=C(C#N)Nc1ccccc1OCc1ccccn1. The summed E-state index contributed by atoms with van der Waals surface area (Å²) >= 11 is 0. The molecule has 0 fully saturated rings. The van der Waals surface area contributed by atoms with E-state index in [9.17, 15) is 0 Å². The van der Waals surface area contributed by atoms with E-state index in [1.165, 1.54) is 0 Å². The molecular formula is C17H11N5O. The van der Waals surface area contributed by atoms with Gasteiger partial charge in [0.2, 0.25) is 0 Å². The van der Waals surface area contributed by atoms with Gasteiger partial charge in [-0.1, -0.05) is 18.2 Å². The maximum atomic E-state index is 9.10. The summed E-state index contributed by atoms with van der Waals surface area (Å²) in [6.45, 7) is 0.258. The molecule has 0 radical (unpaired) electrons. The molecule has 0 atom stereocenters. The van der Waals surface area contributed by atoms with E-state index >= 15 is 0 Å². The molecule has 0 aliphatic carbocycles. The molecule has 0 amide bonds. The zero-order chi connectivity index (χ0) is 16.5. The van der Waals surface area contributed by atoms with Gasteiger partial charge in [-0.05, 0) is 24.3 Å². The minimum Gasteiger partial charge on any atom is -0.485 e. The van der Waals surface area contributed by atoms with Crippen LogP contribution in [0.4, 0.5) is 5.69 Å². The average molecular weight is 301 g/mol. The first kappa shape index (κ1) is 15.6. The number of aromatic nitrogens is 1. The van der Waals surface area contributed by atoms with Gasteiger partial charge in [0, 0.05) is 6.20 Å². The van der Waals surface area contributed by atoms with Crippen LogP contribution in [-0.4, -0.2) is 4.98 Å². The Hall–Kier alpha value is -3.82. The van der Waals surface area contributed by atoms with E-state index < -0.39 is 0 Å². The van der Waals surface area contributed by atoms with Crippen LogP contribution in [0.3, 0.4) is 0 Å². The molecule has 0 aliphatic heterocycles. The van der Waals surface area contributed by atoms with Crippen LogP contribution < -0.4 is 10.1 Å². The van der Waals surface area contributed by atoms with Crippen molar-refractivity contribution in [2.75, 3.05) is 5.32 Å². The summed E-state index contributed by atoms with van der Waals surface area (Å²) < 4.78 is 5.69. The molecule has 110 valence electrons. The number of anilines is 1. The molecule has 1 aromatic heterocycles. The Bertz CT molecular complexity index is 822. The fraction of sp³-hybridized carbons (Fsp3) is 0.0588. The van der Waals surface area contributed by atoms with Gasteiger partial charge in [0.1, 0.15) is 36.3 Å². The number of rotatable bonds is 5. The Balaban J connectivity index is 2.22. The van der Waals surface area contributed by atoms with E-state index in [0.29, 0.717) is 11.4 Å². The Labute approximate surface area is 133 Å². The van der Waals surface area contributed by atoms with Crippen LogP contribution >= 0.6 is 0 Å². The van der Waals surface area contributed by atoms with Crippen molar-refractivity contribution >= 4 is 5.69 Å². The number of nitrogens with zero attached hydrogens (tertiary/aromatic N) is 4. The number of hydrogen-bond donors (Lipinski definition) is 1. The Morgan fingerprint density at radius 1 is 1.00 bits per heavy atom. The number of allylic oxidation sites excluding steroid dienone is 2. The van der Waals surface area contributed by atoms with Crippen LogP contribution in [0.1, 0.15) is 5.69 Å². The summed E-state index contributed by atoms with van der Waals surface area (Å²) in [7, 11) is 0. The van der Waals surface area contributed by atoms with Crippen LogP contribution in [0.25, 0.3) is 0 Å². The normalized spacial score (nSPS) is 8.91. The molecular weight excluding hydrogens is 290 g/mol. The van der Waals surface area contributed by atoms with Gasteiger partial charge in [0.25, 0.3) is 0 Å². The largest absolute Gasteiger partial charge is 0.485 e. The molecule has 0 unspecified atom stereocenters. The number of pyridine rings is 1. The Kier molecular flexibility index (Phi) is 5.30. The fourth-order valence-electron chi connectivity index (χ4n) is 1.75. The number of benzene rings is 1. The molecule has 1 heterocycles. The van der Waals surface area contributed by atoms with Crippen LogP contribution in [0, 0.1) is 34.0 Å². The predicted octanol–water partition coefficient (Wildman–Crippen LogP) is 2.90. The van der Waals surface area contributed by atoms with Crippen molar-refractivity contribution in [3.05, 3.63) is 65.6 Å². The molecule has 0 aliphatic rings. The number of nitriles is 3. The van der Waals surface area contributed by atoms with Gasteiger partial charge >= 0.3 is 0 Å². The van der Waals surface area contributed by atoms with E-state index in [1.54, 1.807) is 42.6 Å². The summed E-state index contributed by atoms with van der Waals surface area (Å²) in [6, 6.07) is 17.6. The van der Waals surface area contributed by atoms with E-state index in [1.807, 2.05) is 24.3 Å². The van der Waals surface area contributed by atoms with Crippen molar-refractivity contribution < 1.29 is 4.74 Å². The third kappa shape index (κ3) is 4.07. The second-order valence-electron chi connectivity index (χ2n) is 4.32. The van der Waals surface area contributed by atoms with E-state index in [2.05, 4.69) is 10.3 Å². The third-order valence-electron chi connectivity index (χ3n) is 2.83. The number of para-hydroxylation sites is 2. The molecule has 1 aromatic carbocycles. The Morgan fingerprint density at radius 2 is 1.74 bits per heavy atom. The number of hydrogen-bond acceptors (Lipinski definition) is 6. The lowest BCUT2D eigenvalue weighted by molar-refractivity contribution is 0.303. The van der Waals surface area contributed by atoms with E-state index in [-0.39, 0.29) is 17.9 Å². The van der Waals surface area contributed by atoms with E-state index in [4.69, 9.17) is 20.5 Å². The summed E-state index contributed by atoms with van der Waals surface area (Å²) in [5, 5.41) is 29.6. The number of ether oxygens (including phenoxy) is 1. The second kappa shape index (κ2) is 7.83. The van der Waals surface area contributed by atoms with Crippen LogP contribution in [-0.2, 0) is 6.61 Å². The molecule has 0 bridgehead atoms. The highest BCUT2D eigenvalue weighted by molar-refractivity contribution is 5.64. The van der Waals surface area contributed by atoms with Crippen LogP contribution in [0.15, 0.2) is 59.9 Å². The summed E-state index contributed by atoms with van der Waals surface area (Å²) in [6.07, 6.45) is 1.67. The smallest absolute Gasteiger partial charge is 0.163 e. The molecule has 6 nitrogen and oxygen atoms in total. The Morgan fingerprint density at radius 3 is 2.39 bits per heavy atom. The van der Waals surface area contributed by atoms with Crippen molar-refractivity contribution in [2.24, 2.45) is 0 Å². The molecule has 23 heavy (non-hydrogen) atoms. The zero-order valence-corrected chi connectivity index (χ0v) is 12.0. The minimum absolute atomic E-state index is 0.121. The molecule has 2 rings (SSSR count). The first-order valence-electron chi connectivity index (χ1n) is 6.62. The highest BCUT2D eigenvalue weighted by Crippen LogP contribution is 2.26. The quantitative estimate of drug-likeness (QED) is 0.851. The first-order chi connectivity index (χ1) is 11.3. The highest BCUT2D eigenvalue weighted by atomic mass is 16.5. The molecule has 1 N–H and O–H groups in total. The predicted molar refractivity (Wildman–Crippen MR) is 82.5 cm³/mol. The summed E-state index contributed by atoms with van der Waals surface area (Å²) in [5.41, 5.74) is 0.840. The van der Waals surface area contributed by atoms with Crippen molar-refractivity contribution in [3.8, 4) is 24.0 Å². The van der Waals surface area contributed by atoms with Crippen molar-refractivity contribution in [3.63, 3.8) is 0 Å². The highest BCUT2D eigenvalue weighted by Gasteiger charge is 2.10. The summed E-state index contributed by atoms with van der Waals surface area (Å²) in [4.78, 5) is 4.16. The zero-order valence-electron chi connectivity index (χ0n) is 12.0. The van der Waals surface area contributed by atoms with Gasteiger partial charge in [0.05, 0.1) is 11.4 Å². The van der Waals surface area contributed by atoms with Crippen LogP contribution in [0.5, 0.6) is 5.75 Å². The minimum atomic E-state index is -0.285. The lowest BCUT2D eigenvalue weighted by Crippen LogP contribution is -2.04. The maximum absolute atomic E-state index is 9.10. The monoisotopic (exact) mass is 301 g/mol. The van der Waals surface area contributed by atoms with Gasteiger partial charge in [-0.2, -0.15) is 15.8 Å². The molecule has 0 saturated carbocycles. The average Bonchev–Trinajstić information content (AvgIpc) is 2.61. The van der Waals surface area contributed by atoms with Gasteiger partial charge in [-0.3, -0.25) is 4.98 Å². The summed E-state index contributed by atoms with van der Waals surface area (Å²) in [5.74, 6) is 0.487. The third-order valence-corrected chi connectivity index (χ3v) is 2.83. The standard InChI is InChI=1S/C17H11N5O/c18-9-13(10-19)16(11-20)22-15-6-1-2-7-17(15)23-12-14-5-3-4-8-21-14/h1-8,22H,12H2. The second-order valence-corrected chi connectivity index (χ2v) is 4.32. The maximum Gasteiger partial charge on any atom is 0.163 e. The van der Waals surface area contributed by atoms with Gasteiger partial charge in [-0.15, -0.1) is 0 Å². The number of nitrogens with one attached hydrogen (secondary N) is 1.